The number of likely N-dealkylation sites (tertiary alicyclic amines) is 1. The number of carbonyl (C=O) groups excluding carboxylic acids is 3. The van der Waals surface area contributed by atoms with Gasteiger partial charge in [-0.25, -0.2) is 4.79 Å². The zero-order valence-corrected chi connectivity index (χ0v) is 13.6. The highest BCUT2D eigenvalue weighted by molar-refractivity contribution is 5.94. The van der Waals surface area contributed by atoms with E-state index in [1.807, 2.05) is 20.8 Å². The van der Waals surface area contributed by atoms with Crippen LogP contribution >= 0.6 is 0 Å². The summed E-state index contributed by atoms with van der Waals surface area (Å²) in [5, 5.41) is 0. The van der Waals surface area contributed by atoms with Crippen LogP contribution in [0.3, 0.4) is 0 Å². The first-order chi connectivity index (χ1) is 10.2. The highest BCUT2D eigenvalue weighted by atomic mass is 16.6. The van der Waals surface area contributed by atoms with Gasteiger partial charge in [-0.1, -0.05) is 0 Å². The summed E-state index contributed by atoms with van der Waals surface area (Å²) in [5.41, 5.74) is -0.488. The van der Waals surface area contributed by atoms with Crippen LogP contribution in [-0.4, -0.2) is 41.6 Å². The van der Waals surface area contributed by atoms with Gasteiger partial charge in [0.25, 0.3) is 0 Å². The molecule has 2 heterocycles. The van der Waals surface area contributed by atoms with Gasteiger partial charge in [0.1, 0.15) is 5.60 Å². The Kier molecular flexibility index (Phi) is 5.08. The van der Waals surface area contributed by atoms with Crippen LogP contribution in [0.15, 0.2) is 0 Å². The molecule has 2 fully saturated rings. The Balaban J connectivity index is 1.79. The van der Waals surface area contributed by atoms with E-state index in [2.05, 4.69) is 4.74 Å². The molecule has 2 aliphatic heterocycles. The largest absolute Gasteiger partial charge is 0.444 e. The van der Waals surface area contributed by atoms with Crippen molar-refractivity contribution in [2.45, 2.75) is 58.5 Å². The van der Waals surface area contributed by atoms with Crippen LogP contribution in [0.2, 0.25) is 0 Å². The third-order valence-corrected chi connectivity index (χ3v) is 4.05. The summed E-state index contributed by atoms with van der Waals surface area (Å²) in [6, 6.07) is 0. The number of nitrogens with zero attached hydrogens (tertiary/aromatic N) is 1. The van der Waals surface area contributed by atoms with Gasteiger partial charge in [0.15, 0.2) is 0 Å². The molecule has 22 heavy (non-hydrogen) atoms. The van der Waals surface area contributed by atoms with Crippen LogP contribution in [0.5, 0.6) is 0 Å². The maximum absolute atomic E-state index is 12.1. The predicted octanol–water partition coefficient (Wildman–Crippen LogP) is 2.50. The molecule has 1 amide bonds. The molecule has 0 radical (unpaired) electrons. The lowest BCUT2D eigenvalue weighted by atomic mass is 9.89. The lowest BCUT2D eigenvalue weighted by Gasteiger charge is -2.34. The van der Waals surface area contributed by atoms with E-state index in [-0.39, 0.29) is 18.4 Å². The highest BCUT2D eigenvalue weighted by Crippen LogP contribution is 2.28. The minimum absolute atomic E-state index is 0.196. The van der Waals surface area contributed by atoms with E-state index in [9.17, 15) is 14.4 Å². The van der Waals surface area contributed by atoms with Crippen LogP contribution in [-0.2, 0) is 19.1 Å². The van der Waals surface area contributed by atoms with Crippen molar-refractivity contribution in [1.82, 2.24) is 4.90 Å². The van der Waals surface area contributed by atoms with Gasteiger partial charge in [0.2, 0.25) is 0 Å². The van der Waals surface area contributed by atoms with Crippen molar-refractivity contribution < 1.29 is 23.9 Å². The first kappa shape index (κ1) is 16.8. The summed E-state index contributed by atoms with van der Waals surface area (Å²) in [7, 11) is 0. The molecule has 0 aromatic heterocycles. The smallest absolute Gasteiger partial charge is 0.410 e. The second kappa shape index (κ2) is 6.67. The lowest BCUT2D eigenvalue weighted by Crippen LogP contribution is -2.43. The molecule has 0 aromatic rings. The molecule has 2 atom stereocenters. The van der Waals surface area contributed by atoms with Gasteiger partial charge < -0.3 is 14.4 Å². The molecule has 2 saturated heterocycles. The minimum Gasteiger partial charge on any atom is -0.444 e. The lowest BCUT2D eigenvalue weighted by molar-refractivity contribution is -0.153. The third-order valence-electron chi connectivity index (χ3n) is 4.05. The van der Waals surface area contributed by atoms with Gasteiger partial charge in [-0.3, -0.25) is 9.59 Å². The minimum atomic E-state index is -0.488. The molecule has 2 aliphatic rings. The Morgan fingerprint density at radius 1 is 1.32 bits per heavy atom. The number of carbonyl (C=O) groups is 3. The van der Waals surface area contributed by atoms with Crippen molar-refractivity contribution >= 4 is 18.0 Å². The first-order valence-corrected chi connectivity index (χ1v) is 7.97. The molecule has 6 heteroatoms. The van der Waals surface area contributed by atoms with E-state index in [0.717, 1.165) is 25.8 Å². The van der Waals surface area contributed by atoms with Crippen molar-refractivity contribution in [3.63, 3.8) is 0 Å². The van der Waals surface area contributed by atoms with Crippen molar-refractivity contribution in [3.05, 3.63) is 0 Å². The van der Waals surface area contributed by atoms with Crippen LogP contribution < -0.4 is 0 Å². The van der Waals surface area contributed by atoms with Crippen molar-refractivity contribution in [1.29, 1.82) is 0 Å². The fourth-order valence-corrected chi connectivity index (χ4v) is 2.97. The highest BCUT2D eigenvalue weighted by Gasteiger charge is 2.34. The van der Waals surface area contributed by atoms with E-state index in [1.165, 1.54) is 0 Å². The fourth-order valence-electron chi connectivity index (χ4n) is 2.97. The number of amides is 1. The molecule has 0 spiro atoms. The van der Waals surface area contributed by atoms with Crippen LogP contribution in [0.4, 0.5) is 4.79 Å². The average Bonchev–Trinajstić information content (AvgIpc) is 2.73. The summed E-state index contributed by atoms with van der Waals surface area (Å²) < 4.78 is 9.97. The Morgan fingerprint density at radius 3 is 2.64 bits per heavy atom. The van der Waals surface area contributed by atoms with Gasteiger partial charge in [-0.05, 0) is 52.4 Å². The summed E-state index contributed by atoms with van der Waals surface area (Å²) in [6.07, 6.45) is 3.38. The normalized spacial score (nSPS) is 26.0. The number of piperidine rings is 1. The summed E-state index contributed by atoms with van der Waals surface area (Å²) in [4.78, 5) is 36.4. The third kappa shape index (κ3) is 4.71. The standard InChI is InChI=1S/C16H25NO5/c1-16(2,3)22-15(20)17-8-4-5-11(10-17)6-7-12-9-13(18)21-14(12)19/h11-12H,4-10H2,1-3H3. The van der Waals surface area contributed by atoms with Gasteiger partial charge in [0, 0.05) is 13.1 Å². The monoisotopic (exact) mass is 311 g/mol. The number of hydrogen-bond donors (Lipinski definition) is 0. The van der Waals surface area contributed by atoms with Gasteiger partial charge in [-0.2, -0.15) is 0 Å². The van der Waals surface area contributed by atoms with Gasteiger partial charge in [-0.15, -0.1) is 0 Å². The molecular weight excluding hydrogens is 286 g/mol. The molecule has 2 unspecified atom stereocenters. The second-order valence-corrected chi connectivity index (χ2v) is 7.21. The zero-order valence-electron chi connectivity index (χ0n) is 13.6. The van der Waals surface area contributed by atoms with Gasteiger partial charge in [0.05, 0.1) is 12.3 Å². The first-order valence-electron chi connectivity index (χ1n) is 7.97. The quantitative estimate of drug-likeness (QED) is 0.591. The van der Waals surface area contributed by atoms with Crippen LogP contribution in [0, 0.1) is 11.8 Å². The average molecular weight is 311 g/mol. The van der Waals surface area contributed by atoms with E-state index >= 15 is 0 Å². The van der Waals surface area contributed by atoms with E-state index < -0.39 is 17.5 Å². The Morgan fingerprint density at radius 2 is 2.05 bits per heavy atom. The van der Waals surface area contributed by atoms with Crippen LogP contribution in [0.25, 0.3) is 0 Å². The van der Waals surface area contributed by atoms with E-state index in [1.54, 1.807) is 4.90 Å². The maximum Gasteiger partial charge on any atom is 0.410 e. The Hall–Kier alpha value is -1.59. The van der Waals surface area contributed by atoms with E-state index in [4.69, 9.17) is 4.74 Å². The SMILES string of the molecule is CC(C)(C)OC(=O)N1CCCC(CCC2CC(=O)OC2=O)C1. The molecule has 0 aliphatic carbocycles. The fraction of sp³-hybridized carbons (Fsp3) is 0.812. The predicted molar refractivity (Wildman–Crippen MR) is 79.0 cm³/mol. The molecule has 0 saturated carbocycles. The summed E-state index contributed by atoms with van der Waals surface area (Å²) in [6.45, 7) is 6.94. The number of hydrogen-bond acceptors (Lipinski definition) is 5. The summed E-state index contributed by atoms with van der Waals surface area (Å²) >= 11 is 0. The molecule has 0 aromatic carbocycles. The molecule has 0 N–H and O–H groups in total. The zero-order chi connectivity index (χ0) is 16.3. The van der Waals surface area contributed by atoms with Crippen molar-refractivity contribution in [3.8, 4) is 0 Å². The number of ether oxygens (including phenoxy) is 2. The number of cyclic esters (lactones) is 2. The number of rotatable bonds is 3. The Labute approximate surface area is 131 Å². The topological polar surface area (TPSA) is 72.9 Å². The van der Waals surface area contributed by atoms with Gasteiger partial charge >= 0.3 is 18.0 Å². The Bertz CT molecular complexity index is 454. The van der Waals surface area contributed by atoms with Crippen molar-refractivity contribution in [2.24, 2.45) is 11.8 Å². The molecule has 0 bridgehead atoms. The molecular formula is C16H25NO5. The summed E-state index contributed by atoms with van der Waals surface area (Å²) in [5.74, 6) is -0.770. The number of esters is 2. The molecule has 2 rings (SSSR count). The second-order valence-electron chi connectivity index (χ2n) is 7.21. The molecule has 6 nitrogen and oxygen atoms in total. The van der Waals surface area contributed by atoms with E-state index in [0.29, 0.717) is 18.9 Å². The van der Waals surface area contributed by atoms with Crippen LogP contribution in [0.1, 0.15) is 52.9 Å². The molecule has 124 valence electrons. The van der Waals surface area contributed by atoms with Crippen molar-refractivity contribution in [2.75, 3.05) is 13.1 Å². The maximum atomic E-state index is 12.1.